The van der Waals surface area contributed by atoms with Gasteiger partial charge in [-0.25, -0.2) is 9.48 Å². The number of nitrogens with zero attached hydrogens (tertiary/aromatic N) is 2. The molecule has 5 heteroatoms. The highest BCUT2D eigenvalue weighted by Gasteiger charge is 2.16. The molecule has 0 unspecified atom stereocenters. The number of benzene rings is 1. The number of carbonyl (C=O) groups excluding carboxylic acids is 1. The van der Waals surface area contributed by atoms with Gasteiger partial charge in [-0.05, 0) is 19.1 Å². The number of nitrogen functional groups attached to an aromatic ring is 1. The van der Waals surface area contributed by atoms with Gasteiger partial charge in [-0.1, -0.05) is 18.2 Å². The third-order valence-electron chi connectivity index (χ3n) is 2.23. The molecule has 0 aliphatic rings. The van der Waals surface area contributed by atoms with Gasteiger partial charge in [0.25, 0.3) is 0 Å². The molecule has 0 aliphatic carbocycles. The maximum Gasteiger partial charge on any atom is 0.361 e. The van der Waals surface area contributed by atoms with Crippen molar-refractivity contribution in [3.05, 3.63) is 42.2 Å². The lowest BCUT2D eigenvalue weighted by Gasteiger charge is -1.99. The Labute approximate surface area is 98.8 Å². The summed E-state index contributed by atoms with van der Waals surface area (Å²) in [4.78, 5) is 11.5. The summed E-state index contributed by atoms with van der Waals surface area (Å²) in [6.45, 7) is 2.04. The van der Waals surface area contributed by atoms with Crippen LogP contribution in [0.25, 0.3) is 5.69 Å². The highest BCUT2D eigenvalue weighted by atomic mass is 16.5. The second-order valence-electron chi connectivity index (χ2n) is 3.43. The van der Waals surface area contributed by atoms with Crippen LogP contribution in [0.3, 0.4) is 0 Å². The van der Waals surface area contributed by atoms with E-state index in [0.717, 1.165) is 5.69 Å². The summed E-state index contributed by atoms with van der Waals surface area (Å²) in [5.41, 5.74) is 7.03. The summed E-state index contributed by atoms with van der Waals surface area (Å²) in [6.07, 6.45) is 1.60. The van der Waals surface area contributed by atoms with Crippen LogP contribution in [-0.4, -0.2) is 22.4 Å². The number of carbonyl (C=O) groups is 1. The molecule has 1 aromatic heterocycles. The minimum absolute atomic E-state index is 0.149. The predicted molar refractivity (Wildman–Crippen MR) is 63.9 cm³/mol. The van der Waals surface area contributed by atoms with Crippen LogP contribution in [0.15, 0.2) is 36.5 Å². The van der Waals surface area contributed by atoms with Gasteiger partial charge in [0.15, 0.2) is 5.69 Å². The minimum atomic E-state index is -0.500. The molecule has 0 saturated carbocycles. The van der Waals surface area contributed by atoms with Crippen LogP contribution in [-0.2, 0) is 4.74 Å². The Morgan fingerprint density at radius 2 is 2.12 bits per heavy atom. The average Bonchev–Trinajstić information content (AvgIpc) is 2.73. The zero-order valence-electron chi connectivity index (χ0n) is 9.46. The van der Waals surface area contributed by atoms with Gasteiger partial charge >= 0.3 is 5.97 Å². The quantitative estimate of drug-likeness (QED) is 0.815. The molecule has 17 heavy (non-hydrogen) atoms. The molecule has 2 N–H and O–H groups in total. The summed E-state index contributed by atoms with van der Waals surface area (Å²) in [5, 5.41) is 4.12. The van der Waals surface area contributed by atoms with Crippen molar-refractivity contribution in [1.29, 1.82) is 0 Å². The lowest BCUT2D eigenvalue weighted by molar-refractivity contribution is 0.0520. The molecular weight excluding hydrogens is 218 g/mol. The van der Waals surface area contributed by atoms with Gasteiger partial charge in [-0.3, -0.25) is 0 Å². The molecule has 0 fully saturated rings. The molecule has 1 heterocycles. The van der Waals surface area contributed by atoms with Crippen molar-refractivity contribution in [2.24, 2.45) is 0 Å². The Morgan fingerprint density at radius 1 is 1.41 bits per heavy atom. The minimum Gasteiger partial charge on any atom is -0.461 e. The summed E-state index contributed by atoms with van der Waals surface area (Å²) in [6, 6.07) is 9.43. The normalized spacial score (nSPS) is 10.2. The van der Waals surface area contributed by atoms with Crippen molar-refractivity contribution in [3.63, 3.8) is 0 Å². The van der Waals surface area contributed by atoms with Crippen molar-refractivity contribution < 1.29 is 9.53 Å². The predicted octanol–water partition coefficient (Wildman–Crippen LogP) is 1.63. The van der Waals surface area contributed by atoms with E-state index in [0.29, 0.717) is 12.3 Å². The Morgan fingerprint density at radius 3 is 2.76 bits per heavy atom. The highest BCUT2D eigenvalue weighted by molar-refractivity contribution is 5.92. The molecule has 2 rings (SSSR count). The van der Waals surface area contributed by atoms with Crippen LogP contribution in [0.1, 0.15) is 17.4 Å². The number of hydrogen-bond acceptors (Lipinski definition) is 4. The van der Waals surface area contributed by atoms with E-state index in [1.165, 1.54) is 0 Å². The number of esters is 1. The lowest BCUT2D eigenvalue weighted by Crippen LogP contribution is -2.08. The molecule has 5 nitrogen and oxygen atoms in total. The first-order valence-electron chi connectivity index (χ1n) is 5.30. The van der Waals surface area contributed by atoms with Crippen LogP contribution in [0.5, 0.6) is 0 Å². The Kier molecular flexibility index (Phi) is 3.09. The van der Waals surface area contributed by atoms with Gasteiger partial charge in [0.2, 0.25) is 0 Å². The Hall–Kier alpha value is -2.30. The molecule has 0 saturated heterocycles. The first-order chi connectivity index (χ1) is 8.22. The lowest BCUT2D eigenvalue weighted by atomic mass is 10.3. The molecule has 0 spiro atoms. The zero-order chi connectivity index (χ0) is 12.3. The maximum atomic E-state index is 11.5. The van der Waals surface area contributed by atoms with Gasteiger partial charge in [0.05, 0.1) is 24.2 Å². The van der Waals surface area contributed by atoms with Crippen LogP contribution in [0.2, 0.25) is 0 Å². The summed E-state index contributed by atoms with van der Waals surface area (Å²) in [7, 11) is 0. The monoisotopic (exact) mass is 231 g/mol. The van der Waals surface area contributed by atoms with E-state index in [9.17, 15) is 4.79 Å². The van der Waals surface area contributed by atoms with Crippen LogP contribution >= 0.6 is 0 Å². The van der Waals surface area contributed by atoms with E-state index >= 15 is 0 Å². The van der Waals surface area contributed by atoms with Crippen LogP contribution in [0.4, 0.5) is 5.69 Å². The molecule has 0 atom stereocenters. The standard InChI is InChI=1S/C12H13N3O2/c1-2-17-12(16)11-10(13)8-15(14-11)9-6-4-3-5-7-9/h3-8H,2,13H2,1H3. The largest absolute Gasteiger partial charge is 0.461 e. The third kappa shape index (κ3) is 2.28. The number of para-hydroxylation sites is 1. The van der Waals surface area contributed by atoms with Gasteiger partial charge in [0.1, 0.15) is 0 Å². The fourth-order valence-corrected chi connectivity index (χ4v) is 1.46. The topological polar surface area (TPSA) is 70.1 Å². The molecule has 0 amide bonds. The van der Waals surface area contributed by atoms with Crippen molar-refractivity contribution in [3.8, 4) is 5.69 Å². The van der Waals surface area contributed by atoms with Crippen molar-refractivity contribution in [2.45, 2.75) is 6.92 Å². The van der Waals surface area contributed by atoms with E-state index in [2.05, 4.69) is 5.10 Å². The fraction of sp³-hybridized carbons (Fsp3) is 0.167. The first-order valence-corrected chi connectivity index (χ1v) is 5.30. The Balaban J connectivity index is 2.34. The smallest absolute Gasteiger partial charge is 0.361 e. The first kappa shape index (κ1) is 11.2. The fourth-order valence-electron chi connectivity index (χ4n) is 1.46. The molecule has 88 valence electrons. The summed E-state index contributed by atoms with van der Waals surface area (Å²) in [5.74, 6) is -0.500. The molecular formula is C12H13N3O2. The van der Waals surface area contributed by atoms with Gasteiger partial charge in [0, 0.05) is 0 Å². The highest BCUT2D eigenvalue weighted by Crippen LogP contribution is 2.14. The van der Waals surface area contributed by atoms with Crippen molar-refractivity contribution in [2.75, 3.05) is 12.3 Å². The number of anilines is 1. The van der Waals surface area contributed by atoms with Gasteiger partial charge in [-0.15, -0.1) is 0 Å². The molecule has 0 aliphatic heterocycles. The molecule has 0 radical (unpaired) electrons. The number of nitrogens with two attached hydrogens (primary N) is 1. The van der Waals surface area contributed by atoms with E-state index in [-0.39, 0.29) is 5.69 Å². The van der Waals surface area contributed by atoms with E-state index < -0.39 is 5.97 Å². The average molecular weight is 231 g/mol. The van der Waals surface area contributed by atoms with Crippen LogP contribution < -0.4 is 5.73 Å². The summed E-state index contributed by atoms with van der Waals surface area (Å²) >= 11 is 0. The Bertz CT molecular complexity index is 520. The number of hydrogen-bond donors (Lipinski definition) is 1. The van der Waals surface area contributed by atoms with E-state index in [1.807, 2.05) is 30.3 Å². The zero-order valence-corrected chi connectivity index (χ0v) is 9.46. The number of ether oxygens (including phenoxy) is 1. The van der Waals surface area contributed by atoms with Gasteiger partial charge < -0.3 is 10.5 Å². The second kappa shape index (κ2) is 4.69. The van der Waals surface area contributed by atoms with Crippen molar-refractivity contribution >= 4 is 11.7 Å². The molecule has 2 aromatic rings. The maximum absolute atomic E-state index is 11.5. The number of aromatic nitrogens is 2. The second-order valence-corrected chi connectivity index (χ2v) is 3.43. The van der Waals surface area contributed by atoms with Crippen molar-refractivity contribution in [1.82, 2.24) is 9.78 Å². The summed E-state index contributed by atoms with van der Waals surface area (Å²) < 4.78 is 6.42. The van der Waals surface area contributed by atoms with E-state index in [1.54, 1.807) is 17.8 Å². The number of rotatable bonds is 3. The third-order valence-corrected chi connectivity index (χ3v) is 2.23. The van der Waals surface area contributed by atoms with Gasteiger partial charge in [-0.2, -0.15) is 5.10 Å². The van der Waals surface area contributed by atoms with E-state index in [4.69, 9.17) is 10.5 Å². The van der Waals surface area contributed by atoms with Crippen LogP contribution in [0, 0.1) is 0 Å². The molecule has 0 bridgehead atoms. The molecule has 1 aromatic carbocycles. The SMILES string of the molecule is CCOC(=O)c1nn(-c2ccccc2)cc1N.